The quantitative estimate of drug-likeness (QED) is 0.772. The second-order valence-electron chi connectivity index (χ2n) is 6.04. The lowest BCUT2D eigenvalue weighted by Gasteiger charge is -2.24. The molecule has 0 bridgehead atoms. The third kappa shape index (κ3) is 5.21. The molecule has 1 unspecified atom stereocenters. The number of rotatable bonds is 6. The topological polar surface area (TPSA) is 61.4 Å². The van der Waals surface area contributed by atoms with Gasteiger partial charge in [0, 0.05) is 5.69 Å². The summed E-state index contributed by atoms with van der Waals surface area (Å²) in [4.78, 5) is 26.3. The van der Waals surface area contributed by atoms with Gasteiger partial charge in [0.1, 0.15) is 0 Å². The van der Waals surface area contributed by atoms with Crippen molar-refractivity contribution in [1.29, 1.82) is 0 Å². The van der Waals surface area contributed by atoms with Crippen LogP contribution in [0.25, 0.3) is 0 Å². The average Bonchev–Trinajstić information content (AvgIpc) is 2.59. The van der Waals surface area contributed by atoms with Crippen molar-refractivity contribution >= 4 is 46.4 Å². The smallest absolute Gasteiger partial charge is 0.241 e. The highest BCUT2D eigenvalue weighted by Gasteiger charge is 2.21. The average molecular weight is 394 g/mol. The SMILES string of the molecule is Cc1ccccc1NC(=O)C(C)N(C)CC(=O)Nc1c(Cl)cccc1Cl. The van der Waals surface area contributed by atoms with Crippen molar-refractivity contribution in [2.45, 2.75) is 19.9 Å². The number of carbonyl (C=O) groups is 2. The van der Waals surface area contributed by atoms with Crippen LogP contribution in [-0.4, -0.2) is 36.3 Å². The van der Waals surface area contributed by atoms with Crippen LogP contribution in [0.2, 0.25) is 10.0 Å². The number of carbonyl (C=O) groups excluding carboxylic acids is 2. The number of hydrogen-bond acceptors (Lipinski definition) is 3. The highest BCUT2D eigenvalue weighted by atomic mass is 35.5. The van der Waals surface area contributed by atoms with Gasteiger partial charge < -0.3 is 10.6 Å². The zero-order valence-electron chi connectivity index (χ0n) is 14.8. The van der Waals surface area contributed by atoms with Gasteiger partial charge in [-0.05, 0) is 44.7 Å². The number of amides is 2. The zero-order chi connectivity index (χ0) is 19.3. The van der Waals surface area contributed by atoms with E-state index in [1.165, 1.54) is 0 Å². The van der Waals surface area contributed by atoms with Gasteiger partial charge in [-0.1, -0.05) is 47.5 Å². The van der Waals surface area contributed by atoms with E-state index in [0.29, 0.717) is 15.7 Å². The molecule has 138 valence electrons. The van der Waals surface area contributed by atoms with Gasteiger partial charge in [0.15, 0.2) is 0 Å². The summed E-state index contributed by atoms with van der Waals surface area (Å²) < 4.78 is 0. The van der Waals surface area contributed by atoms with Crippen LogP contribution in [0.1, 0.15) is 12.5 Å². The molecule has 0 heterocycles. The summed E-state index contributed by atoms with van der Waals surface area (Å²) in [6.45, 7) is 3.68. The minimum atomic E-state index is -0.498. The second kappa shape index (κ2) is 9.03. The Hall–Kier alpha value is -2.08. The summed E-state index contributed by atoms with van der Waals surface area (Å²) in [5.41, 5.74) is 2.10. The maximum absolute atomic E-state index is 12.4. The van der Waals surface area contributed by atoms with E-state index in [2.05, 4.69) is 10.6 Å². The van der Waals surface area contributed by atoms with Crippen molar-refractivity contribution < 1.29 is 9.59 Å². The van der Waals surface area contributed by atoms with Crippen LogP contribution in [0.5, 0.6) is 0 Å². The first-order chi connectivity index (χ1) is 12.3. The predicted molar refractivity (Wildman–Crippen MR) is 107 cm³/mol. The maximum atomic E-state index is 12.4. The second-order valence-corrected chi connectivity index (χ2v) is 6.85. The summed E-state index contributed by atoms with van der Waals surface area (Å²) in [6.07, 6.45) is 0. The van der Waals surface area contributed by atoms with E-state index in [0.717, 1.165) is 11.3 Å². The lowest BCUT2D eigenvalue weighted by atomic mass is 10.2. The fourth-order valence-electron chi connectivity index (χ4n) is 2.31. The van der Waals surface area contributed by atoms with Gasteiger partial charge in [-0.3, -0.25) is 14.5 Å². The van der Waals surface area contributed by atoms with Crippen LogP contribution in [0, 0.1) is 6.92 Å². The Bertz CT molecular complexity index is 791. The number of hydrogen-bond donors (Lipinski definition) is 2. The van der Waals surface area contributed by atoms with E-state index < -0.39 is 6.04 Å². The normalized spacial score (nSPS) is 11.9. The molecular formula is C19H21Cl2N3O2. The van der Waals surface area contributed by atoms with Crippen LogP contribution >= 0.6 is 23.2 Å². The van der Waals surface area contributed by atoms with Crippen LogP contribution in [-0.2, 0) is 9.59 Å². The fourth-order valence-corrected chi connectivity index (χ4v) is 2.80. The van der Waals surface area contributed by atoms with Crippen molar-refractivity contribution in [3.8, 4) is 0 Å². The summed E-state index contributed by atoms with van der Waals surface area (Å²) in [5.74, 6) is -0.497. The zero-order valence-corrected chi connectivity index (χ0v) is 16.4. The first-order valence-electron chi connectivity index (χ1n) is 8.10. The molecule has 2 rings (SSSR count). The Labute approximate surface area is 163 Å². The molecule has 0 spiro atoms. The molecule has 26 heavy (non-hydrogen) atoms. The first-order valence-corrected chi connectivity index (χ1v) is 8.85. The van der Waals surface area contributed by atoms with Gasteiger partial charge in [-0.15, -0.1) is 0 Å². The van der Waals surface area contributed by atoms with Crippen molar-refractivity contribution in [3.05, 3.63) is 58.1 Å². The van der Waals surface area contributed by atoms with Crippen LogP contribution < -0.4 is 10.6 Å². The molecule has 5 nitrogen and oxygen atoms in total. The molecule has 2 aromatic rings. The summed E-state index contributed by atoms with van der Waals surface area (Å²) >= 11 is 12.1. The Balaban J connectivity index is 1.95. The van der Waals surface area contributed by atoms with Gasteiger partial charge in [0.2, 0.25) is 11.8 Å². The molecule has 2 amide bonds. The minimum absolute atomic E-state index is 0.0178. The lowest BCUT2D eigenvalue weighted by Crippen LogP contribution is -2.43. The summed E-state index contributed by atoms with van der Waals surface area (Å²) in [5, 5.41) is 6.28. The van der Waals surface area contributed by atoms with E-state index >= 15 is 0 Å². The van der Waals surface area contributed by atoms with E-state index in [1.807, 2.05) is 31.2 Å². The van der Waals surface area contributed by atoms with Crippen molar-refractivity contribution in [1.82, 2.24) is 4.90 Å². The molecule has 0 aromatic heterocycles. The molecule has 7 heteroatoms. The summed E-state index contributed by atoms with van der Waals surface area (Å²) in [6, 6.07) is 12.0. The van der Waals surface area contributed by atoms with E-state index in [-0.39, 0.29) is 18.4 Å². The largest absolute Gasteiger partial charge is 0.324 e. The van der Waals surface area contributed by atoms with Gasteiger partial charge in [0.05, 0.1) is 28.3 Å². The van der Waals surface area contributed by atoms with E-state index in [9.17, 15) is 9.59 Å². The predicted octanol–water partition coefficient (Wildman–Crippen LogP) is 4.20. The van der Waals surface area contributed by atoms with Crippen LogP contribution in [0.15, 0.2) is 42.5 Å². The maximum Gasteiger partial charge on any atom is 0.241 e. The Morgan fingerprint density at radius 2 is 1.65 bits per heavy atom. The Morgan fingerprint density at radius 1 is 1.04 bits per heavy atom. The molecule has 2 aromatic carbocycles. The van der Waals surface area contributed by atoms with Crippen LogP contribution in [0.3, 0.4) is 0 Å². The van der Waals surface area contributed by atoms with E-state index in [4.69, 9.17) is 23.2 Å². The summed E-state index contributed by atoms with van der Waals surface area (Å²) in [7, 11) is 1.70. The highest BCUT2D eigenvalue weighted by Crippen LogP contribution is 2.29. The molecule has 0 aliphatic carbocycles. The molecule has 2 N–H and O–H groups in total. The first kappa shape index (κ1) is 20.2. The molecule has 1 atom stereocenters. The Morgan fingerprint density at radius 3 is 2.27 bits per heavy atom. The van der Waals surface area contributed by atoms with Gasteiger partial charge in [-0.25, -0.2) is 0 Å². The van der Waals surface area contributed by atoms with Crippen LogP contribution in [0.4, 0.5) is 11.4 Å². The third-order valence-corrected chi connectivity index (χ3v) is 4.69. The molecule has 0 fully saturated rings. The number of aryl methyl sites for hydroxylation is 1. The van der Waals surface area contributed by atoms with Gasteiger partial charge in [-0.2, -0.15) is 0 Å². The van der Waals surface area contributed by atoms with Gasteiger partial charge >= 0.3 is 0 Å². The molecular weight excluding hydrogens is 373 g/mol. The molecule has 0 aliphatic rings. The number of anilines is 2. The van der Waals surface area contributed by atoms with Crippen molar-refractivity contribution in [2.75, 3.05) is 24.2 Å². The minimum Gasteiger partial charge on any atom is -0.324 e. The standard InChI is InChI=1S/C19H21Cl2N3O2/c1-12-7-4-5-10-16(12)22-19(26)13(2)24(3)11-17(25)23-18-14(20)8-6-9-15(18)21/h4-10,13H,11H2,1-3H3,(H,22,26)(H,23,25). The number of para-hydroxylation sites is 2. The Kier molecular flexibility index (Phi) is 7.03. The van der Waals surface area contributed by atoms with E-state index in [1.54, 1.807) is 37.1 Å². The highest BCUT2D eigenvalue weighted by molar-refractivity contribution is 6.39. The number of likely N-dealkylation sites (N-methyl/N-ethyl adjacent to an activating group) is 1. The molecule has 0 saturated heterocycles. The number of halogens is 2. The molecule has 0 aliphatic heterocycles. The molecule has 0 radical (unpaired) electrons. The van der Waals surface area contributed by atoms with Gasteiger partial charge in [0.25, 0.3) is 0 Å². The fraction of sp³-hybridized carbons (Fsp3) is 0.263. The third-order valence-electron chi connectivity index (χ3n) is 4.06. The number of benzene rings is 2. The number of nitrogens with one attached hydrogen (secondary N) is 2. The monoisotopic (exact) mass is 393 g/mol. The lowest BCUT2D eigenvalue weighted by molar-refractivity contribution is -0.122. The van der Waals surface area contributed by atoms with Crippen molar-refractivity contribution in [3.63, 3.8) is 0 Å². The molecule has 0 saturated carbocycles. The number of nitrogens with zero attached hydrogens (tertiary/aromatic N) is 1. The van der Waals surface area contributed by atoms with Crippen molar-refractivity contribution in [2.24, 2.45) is 0 Å².